The highest BCUT2D eigenvalue weighted by atomic mass is 16.4. The molecule has 0 saturated heterocycles. The van der Waals surface area contributed by atoms with Gasteiger partial charge in [0.15, 0.2) is 5.78 Å². The highest BCUT2D eigenvalue weighted by molar-refractivity contribution is 6.03. The van der Waals surface area contributed by atoms with E-state index in [2.05, 4.69) is 5.10 Å². The predicted octanol–water partition coefficient (Wildman–Crippen LogP) is 1.19. The monoisotopic (exact) mass is 196 g/mol. The topological polar surface area (TPSA) is 72.2 Å². The lowest BCUT2D eigenvalue weighted by Gasteiger charge is -1.94. The lowest BCUT2D eigenvalue weighted by Crippen LogP contribution is -2.04. The Balaban J connectivity index is 3.12. The van der Waals surface area contributed by atoms with Crippen molar-refractivity contribution >= 4 is 11.8 Å². The fourth-order valence-electron chi connectivity index (χ4n) is 1.18. The zero-order chi connectivity index (χ0) is 10.7. The predicted molar refractivity (Wildman–Crippen MR) is 49.5 cm³/mol. The second-order valence-electron chi connectivity index (χ2n) is 3.02. The second kappa shape index (κ2) is 4.04. The van der Waals surface area contributed by atoms with E-state index in [9.17, 15) is 9.59 Å². The van der Waals surface area contributed by atoms with Crippen LogP contribution in [0.4, 0.5) is 0 Å². The highest BCUT2D eigenvalue weighted by Crippen LogP contribution is 2.08. The minimum atomic E-state index is -1.11. The van der Waals surface area contributed by atoms with Gasteiger partial charge in [-0.1, -0.05) is 6.92 Å². The molecule has 76 valence electrons. The molecule has 1 aromatic heterocycles. The first-order valence-electron chi connectivity index (χ1n) is 4.38. The van der Waals surface area contributed by atoms with Crippen LogP contribution in [0.1, 0.15) is 41.1 Å². The van der Waals surface area contributed by atoms with Gasteiger partial charge in [0.1, 0.15) is 11.3 Å². The Morgan fingerprint density at radius 3 is 2.57 bits per heavy atom. The van der Waals surface area contributed by atoms with Crippen molar-refractivity contribution in [2.45, 2.75) is 26.8 Å². The Labute approximate surface area is 81.3 Å². The van der Waals surface area contributed by atoms with Gasteiger partial charge in [0.25, 0.3) is 0 Å². The van der Waals surface area contributed by atoms with Crippen LogP contribution in [0.5, 0.6) is 0 Å². The summed E-state index contributed by atoms with van der Waals surface area (Å²) in [6.45, 7) is 3.88. The molecule has 0 bridgehead atoms. The van der Waals surface area contributed by atoms with Crippen LogP contribution in [0.3, 0.4) is 0 Å². The van der Waals surface area contributed by atoms with Gasteiger partial charge >= 0.3 is 5.97 Å². The number of hydrogen-bond donors (Lipinski definition) is 1. The van der Waals surface area contributed by atoms with Gasteiger partial charge in [-0.05, 0) is 6.42 Å². The number of Topliss-reactive ketones (excluding diaryl/α,β-unsaturated/α-hetero) is 1. The molecule has 0 aromatic carbocycles. The molecule has 0 spiro atoms. The Kier molecular flexibility index (Phi) is 3.01. The van der Waals surface area contributed by atoms with E-state index >= 15 is 0 Å². The summed E-state index contributed by atoms with van der Waals surface area (Å²) in [7, 11) is 0. The molecule has 0 atom stereocenters. The average Bonchev–Trinajstić information content (AvgIpc) is 2.49. The molecule has 0 amide bonds. The van der Waals surface area contributed by atoms with Gasteiger partial charge in [0, 0.05) is 19.7 Å². The molecule has 1 N–H and O–H groups in total. The maximum absolute atomic E-state index is 11.0. The molecule has 0 saturated carbocycles. The largest absolute Gasteiger partial charge is 0.478 e. The molecular weight excluding hydrogens is 184 g/mol. The molecule has 14 heavy (non-hydrogen) atoms. The molecule has 5 nitrogen and oxygen atoms in total. The number of nitrogens with zero attached hydrogens (tertiary/aromatic N) is 2. The molecule has 0 aliphatic heterocycles. The Hall–Kier alpha value is -1.65. The first-order valence-corrected chi connectivity index (χ1v) is 4.38. The summed E-state index contributed by atoms with van der Waals surface area (Å²) in [6.07, 6.45) is 2.24. The number of carboxylic acid groups (broad SMARTS) is 1. The molecule has 1 aromatic rings. The molecular formula is C9H12N2O3. The number of rotatable bonds is 4. The standard InChI is InChI=1S/C9H12N2O3/c1-3-4-11-5-7(9(13)14)8(10-11)6(2)12/h5H,3-4H2,1-2H3,(H,13,14). The van der Waals surface area contributed by atoms with Crippen LogP contribution in [-0.2, 0) is 6.54 Å². The minimum absolute atomic E-state index is 0.0223. The van der Waals surface area contributed by atoms with E-state index in [1.165, 1.54) is 17.8 Å². The van der Waals surface area contributed by atoms with E-state index in [0.29, 0.717) is 6.54 Å². The van der Waals surface area contributed by atoms with Crippen LogP contribution in [0.15, 0.2) is 6.20 Å². The third-order valence-corrected chi connectivity index (χ3v) is 1.78. The van der Waals surface area contributed by atoms with Crippen molar-refractivity contribution in [3.63, 3.8) is 0 Å². The van der Waals surface area contributed by atoms with Crippen molar-refractivity contribution in [1.29, 1.82) is 0 Å². The molecule has 5 heteroatoms. The van der Waals surface area contributed by atoms with Gasteiger partial charge in [-0.15, -0.1) is 0 Å². The van der Waals surface area contributed by atoms with Gasteiger partial charge in [0.05, 0.1) is 0 Å². The molecule has 0 aliphatic rings. The van der Waals surface area contributed by atoms with E-state index < -0.39 is 5.97 Å². The van der Waals surface area contributed by atoms with Gasteiger partial charge in [-0.3, -0.25) is 9.48 Å². The number of aromatic carboxylic acids is 1. The quantitative estimate of drug-likeness (QED) is 0.734. The summed E-state index contributed by atoms with van der Waals surface area (Å²) >= 11 is 0. The number of aromatic nitrogens is 2. The maximum atomic E-state index is 11.0. The van der Waals surface area contributed by atoms with Crippen LogP contribution in [-0.4, -0.2) is 26.6 Å². The van der Waals surface area contributed by atoms with Crippen molar-refractivity contribution in [2.24, 2.45) is 0 Å². The molecule has 0 aliphatic carbocycles. The number of hydrogen-bond acceptors (Lipinski definition) is 3. The number of carbonyl (C=O) groups is 2. The smallest absolute Gasteiger partial charge is 0.339 e. The third-order valence-electron chi connectivity index (χ3n) is 1.78. The molecule has 0 unspecified atom stereocenters. The van der Waals surface area contributed by atoms with E-state index in [-0.39, 0.29) is 17.0 Å². The first kappa shape index (κ1) is 10.4. The normalized spacial score (nSPS) is 10.1. The highest BCUT2D eigenvalue weighted by Gasteiger charge is 2.18. The Morgan fingerprint density at radius 2 is 2.21 bits per heavy atom. The SMILES string of the molecule is CCCn1cc(C(=O)O)c(C(C)=O)n1. The molecule has 0 radical (unpaired) electrons. The lowest BCUT2D eigenvalue weighted by molar-refractivity contribution is 0.0692. The first-order chi connectivity index (χ1) is 6.56. The van der Waals surface area contributed by atoms with Crippen LogP contribution in [0.25, 0.3) is 0 Å². The zero-order valence-corrected chi connectivity index (χ0v) is 8.15. The van der Waals surface area contributed by atoms with Gasteiger partial charge in [-0.2, -0.15) is 5.10 Å². The summed E-state index contributed by atoms with van der Waals surface area (Å²) in [5.74, 6) is -1.44. The second-order valence-corrected chi connectivity index (χ2v) is 3.02. The van der Waals surface area contributed by atoms with Crippen molar-refractivity contribution in [2.75, 3.05) is 0 Å². The number of ketones is 1. The van der Waals surface area contributed by atoms with Gasteiger partial charge in [-0.25, -0.2) is 4.79 Å². The van der Waals surface area contributed by atoms with E-state index in [0.717, 1.165) is 6.42 Å². The van der Waals surface area contributed by atoms with E-state index in [4.69, 9.17) is 5.11 Å². The number of aryl methyl sites for hydroxylation is 1. The number of carbonyl (C=O) groups excluding carboxylic acids is 1. The van der Waals surface area contributed by atoms with E-state index in [1.807, 2.05) is 6.92 Å². The van der Waals surface area contributed by atoms with Crippen LogP contribution in [0.2, 0.25) is 0 Å². The van der Waals surface area contributed by atoms with Crippen LogP contribution < -0.4 is 0 Å². The summed E-state index contributed by atoms with van der Waals surface area (Å²) in [4.78, 5) is 21.8. The lowest BCUT2D eigenvalue weighted by atomic mass is 10.2. The van der Waals surface area contributed by atoms with Crippen molar-refractivity contribution in [3.8, 4) is 0 Å². The zero-order valence-electron chi connectivity index (χ0n) is 8.15. The van der Waals surface area contributed by atoms with Crippen molar-refractivity contribution in [1.82, 2.24) is 9.78 Å². The van der Waals surface area contributed by atoms with Gasteiger partial charge in [0.2, 0.25) is 0 Å². The Bertz CT molecular complexity index is 337. The fraction of sp³-hybridized carbons (Fsp3) is 0.444. The van der Waals surface area contributed by atoms with E-state index in [1.54, 1.807) is 0 Å². The Morgan fingerprint density at radius 1 is 1.57 bits per heavy atom. The minimum Gasteiger partial charge on any atom is -0.478 e. The molecule has 1 rings (SSSR count). The van der Waals surface area contributed by atoms with Crippen molar-refractivity contribution < 1.29 is 14.7 Å². The fourth-order valence-corrected chi connectivity index (χ4v) is 1.18. The summed E-state index contributed by atoms with van der Waals surface area (Å²) in [5, 5.41) is 12.7. The maximum Gasteiger partial charge on any atom is 0.339 e. The van der Waals surface area contributed by atoms with Gasteiger partial charge < -0.3 is 5.11 Å². The third kappa shape index (κ3) is 1.99. The summed E-state index contributed by atoms with van der Waals surface area (Å²) in [6, 6.07) is 0. The summed E-state index contributed by atoms with van der Waals surface area (Å²) < 4.78 is 1.49. The van der Waals surface area contributed by atoms with Crippen LogP contribution in [0, 0.1) is 0 Å². The molecule has 0 fully saturated rings. The number of carboxylic acids is 1. The van der Waals surface area contributed by atoms with Crippen molar-refractivity contribution in [3.05, 3.63) is 17.5 Å². The average molecular weight is 196 g/mol. The summed E-state index contributed by atoms with van der Waals surface area (Å²) in [5.41, 5.74) is 0.0110. The molecule has 1 heterocycles. The van der Waals surface area contributed by atoms with Crippen LogP contribution >= 0.6 is 0 Å².